The van der Waals surface area contributed by atoms with Crippen LogP contribution in [0.3, 0.4) is 0 Å². The zero-order chi connectivity index (χ0) is 13.1. The lowest BCUT2D eigenvalue weighted by Gasteiger charge is -2.11. The number of ether oxygens (including phenoxy) is 1. The predicted molar refractivity (Wildman–Crippen MR) is 83.3 cm³/mol. The van der Waals surface area contributed by atoms with Gasteiger partial charge in [0.25, 0.3) is 0 Å². The number of hydrogen-bond acceptors (Lipinski definition) is 2. The van der Waals surface area contributed by atoms with Crippen molar-refractivity contribution in [2.45, 2.75) is 13.0 Å². The van der Waals surface area contributed by atoms with Gasteiger partial charge in [0, 0.05) is 14.6 Å². The Balaban J connectivity index is 2.20. The second kappa shape index (κ2) is 5.91. The Labute approximate surface area is 125 Å². The molecule has 0 spiro atoms. The van der Waals surface area contributed by atoms with Crippen molar-refractivity contribution in [3.8, 4) is 11.5 Å². The molecule has 2 aromatic carbocycles. The van der Waals surface area contributed by atoms with Crippen LogP contribution in [0.2, 0.25) is 5.02 Å². The molecule has 0 amide bonds. The SMILES string of the molecule is CC(N)c1ccc(Oc2ccc(I)cc2)cc1Cl. The van der Waals surface area contributed by atoms with Crippen molar-refractivity contribution in [3.05, 3.63) is 56.6 Å². The fourth-order valence-corrected chi connectivity index (χ4v) is 2.28. The fourth-order valence-electron chi connectivity index (χ4n) is 1.58. The largest absolute Gasteiger partial charge is 0.457 e. The van der Waals surface area contributed by atoms with Gasteiger partial charge >= 0.3 is 0 Å². The summed E-state index contributed by atoms with van der Waals surface area (Å²) < 4.78 is 6.89. The average Bonchev–Trinajstić information content (AvgIpc) is 2.32. The lowest BCUT2D eigenvalue weighted by molar-refractivity contribution is 0.482. The summed E-state index contributed by atoms with van der Waals surface area (Å²) in [6, 6.07) is 13.3. The second-order valence-electron chi connectivity index (χ2n) is 4.03. The summed E-state index contributed by atoms with van der Waals surface area (Å²) in [7, 11) is 0. The first-order chi connectivity index (χ1) is 8.56. The minimum atomic E-state index is -0.0788. The first-order valence-corrected chi connectivity index (χ1v) is 7.00. The lowest BCUT2D eigenvalue weighted by Crippen LogP contribution is -2.05. The first kappa shape index (κ1) is 13.6. The van der Waals surface area contributed by atoms with Gasteiger partial charge in [-0.3, -0.25) is 0 Å². The zero-order valence-corrected chi connectivity index (χ0v) is 12.8. The van der Waals surface area contributed by atoms with E-state index in [1.54, 1.807) is 6.07 Å². The van der Waals surface area contributed by atoms with E-state index in [4.69, 9.17) is 22.1 Å². The van der Waals surface area contributed by atoms with Crippen molar-refractivity contribution in [1.82, 2.24) is 0 Å². The Bertz CT molecular complexity index is 540. The molecule has 1 atom stereocenters. The Hall–Kier alpha value is -0.780. The topological polar surface area (TPSA) is 35.2 Å². The van der Waals surface area contributed by atoms with Crippen molar-refractivity contribution >= 4 is 34.2 Å². The van der Waals surface area contributed by atoms with Crippen LogP contribution in [0.5, 0.6) is 11.5 Å². The molecule has 4 heteroatoms. The molecular formula is C14H13ClINO. The maximum Gasteiger partial charge on any atom is 0.128 e. The van der Waals surface area contributed by atoms with Gasteiger partial charge in [0.2, 0.25) is 0 Å². The van der Waals surface area contributed by atoms with Crippen LogP contribution in [0.4, 0.5) is 0 Å². The van der Waals surface area contributed by atoms with Crippen LogP contribution in [0.25, 0.3) is 0 Å². The Morgan fingerprint density at radius 2 is 1.72 bits per heavy atom. The quantitative estimate of drug-likeness (QED) is 0.788. The smallest absolute Gasteiger partial charge is 0.128 e. The monoisotopic (exact) mass is 373 g/mol. The summed E-state index contributed by atoms with van der Waals surface area (Å²) in [5, 5.41) is 0.632. The van der Waals surface area contributed by atoms with Gasteiger partial charge in [-0.05, 0) is 71.5 Å². The van der Waals surface area contributed by atoms with Crippen LogP contribution < -0.4 is 10.5 Å². The highest BCUT2D eigenvalue weighted by atomic mass is 127. The summed E-state index contributed by atoms with van der Waals surface area (Å²) in [6.45, 7) is 1.90. The van der Waals surface area contributed by atoms with Gasteiger partial charge in [-0.1, -0.05) is 17.7 Å². The minimum Gasteiger partial charge on any atom is -0.457 e. The van der Waals surface area contributed by atoms with Crippen molar-refractivity contribution < 1.29 is 4.74 Å². The fraction of sp³-hybridized carbons (Fsp3) is 0.143. The Morgan fingerprint density at radius 3 is 2.28 bits per heavy atom. The molecular weight excluding hydrogens is 361 g/mol. The van der Waals surface area contributed by atoms with Crippen molar-refractivity contribution in [2.24, 2.45) is 5.73 Å². The summed E-state index contributed by atoms with van der Waals surface area (Å²) >= 11 is 8.41. The van der Waals surface area contributed by atoms with E-state index in [0.717, 1.165) is 11.3 Å². The number of nitrogens with two attached hydrogens (primary N) is 1. The highest BCUT2D eigenvalue weighted by Gasteiger charge is 2.07. The number of halogens is 2. The van der Waals surface area contributed by atoms with Gasteiger partial charge in [0.1, 0.15) is 11.5 Å². The van der Waals surface area contributed by atoms with Crippen LogP contribution in [-0.4, -0.2) is 0 Å². The number of rotatable bonds is 3. The van der Waals surface area contributed by atoms with E-state index >= 15 is 0 Å². The molecule has 0 saturated carbocycles. The van der Waals surface area contributed by atoms with E-state index < -0.39 is 0 Å². The third-order valence-corrected chi connectivity index (χ3v) is 3.56. The molecule has 0 aliphatic heterocycles. The van der Waals surface area contributed by atoms with E-state index in [1.165, 1.54) is 3.57 Å². The molecule has 0 aliphatic carbocycles. The van der Waals surface area contributed by atoms with E-state index in [1.807, 2.05) is 43.3 Å². The van der Waals surface area contributed by atoms with Crippen LogP contribution in [0.15, 0.2) is 42.5 Å². The van der Waals surface area contributed by atoms with Gasteiger partial charge < -0.3 is 10.5 Å². The maximum atomic E-state index is 6.15. The molecule has 0 aliphatic rings. The normalized spacial score (nSPS) is 12.2. The van der Waals surface area contributed by atoms with E-state index in [-0.39, 0.29) is 6.04 Å². The molecule has 0 bridgehead atoms. The predicted octanol–water partition coefficient (Wildman–Crippen LogP) is 4.76. The van der Waals surface area contributed by atoms with Crippen LogP contribution in [0.1, 0.15) is 18.5 Å². The summed E-state index contributed by atoms with van der Waals surface area (Å²) in [5.74, 6) is 1.51. The van der Waals surface area contributed by atoms with E-state index in [0.29, 0.717) is 10.8 Å². The number of benzene rings is 2. The Morgan fingerprint density at radius 1 is 1.11 bits per heavy atom. The summed E-state index contributed by atoms with van der Waals surface area (Å²) in [4.78, 5) is 0. The first-order valence-electron chi connectivity index (χ1n) is 5.54. The molecule has 0 fully saturated rings. The molecule has 0 saturated heterocycles. The van der Waals surface area contributed by atoms with Crippen LogP contribution >= 0.6 is 34.2 Å². The zero-order valence-electron chi connectivity index (χ0n) is 9.86. The van der Waals surface area contributed by atoms with Gasteiger partial charge in [-0.25, -0.2) is 0 Å². The molecule has 1 unspecified atom stereocenters. The third-order valence-electron chi connectivity index (χ3n) is 2.51. The summed E-state index contributed by atoms with van der Waals surface area (Å²) in [5.41, 5.74) is 6.73. The molecule has 0 heterocycles. The van der Waals surface area contributed by atoms with Gasteiger partial charge in [0.15, 0.2) is 0 Å². The van der Waals surface area contributed by atoms with Gasteiger partial charge in [-0.2, -0.15) is 0 Å². The van der Waals surface area contributed by atoms with Crippen molar-refractivity contribution in [3.63, 3.8) is 0 Å². The molecule has 2 aromatic rings. The third kappa shape index (κ3) is 3.37. The average molecular weight is 374 g/mol. The summed E-state index contributed by atoms with van der Waals surface area (Å²) in [6.07, 6.45) is 0. The van der Waals surface area contributed by atoms with Crippen LogP contribution in [0, 0.1) is 3.57 Å². The molecule has 2 N–H and O–H groups in total. The highest BCUT2D eigenvalue weighted by Crippen LogP contribution is 2.29. The maximum absolute atomic E-state index is 6.15. The van der Waals surface area contributed by atoms with Gasteiger partial charge in [-0.15, -0.1) is 0 Å². The van der Waals surface area contributed by atoms with Gasteiger partial charge in [0.05, 0.1) is 0 Å². The lowest BCUT2D eigenvalue weighted by atomic mass is 10.1. The van der Waals surface area contributed by atoms with Crippen LogP contribution in [-0.2, 0) is 0 Å². The van der Waals surface area contributed by atoms with E-state index in [2.05, 4.69) is 22.6 Å². The molecule has 18 heavy (non-hydrogen) atoms. The molecule has 0 radical (unpaired) electrons. The minimum absolute atomic E-state index is 0.0788. The standard InChI is InChI=1S/C14H13ClINO/c1-9(17)13-7-6-12(8-14(13)15)18-11-4-2-10(16)3-5-11/h2-9H,17H2,1H3. The van der Waals surface area contributed by atoms with Crippen molar-refractivity contribution in [1.29, 1.82) is 0 Å². The molecule has 0 aromatic heterocycles. The molecule has 2 nitrogen and oxygen atoms in total. The second-order valence-corrected chi connectivity index (χ2v) is 5.68. The number of hydrogen-bond donors (Lipinski definition) is 1. The Kier molecular flexibility index (Phi) is 4.48. The van der Waals surface area contributed by atoms with Crippen molar-refractivity contribution in [2.75, 3.05) is 0 Å². The highest BCUT2D eigenvalue weighted by molar-refractivity contribution is 14.1. The van der Waals surface area contributed by atoms with E-state index in [9.17, 15) is 0 Å². The molecule has 94 valence electrons. The molecule has 2 rings (SSSR count).